The second-order valence-electron chi connectivity index (χ2n) is 9.64. The maximum atomic E-state index is 15.0. The van der Waals surface area contributed by atoms with Gasteiger partial charge in [0, 0.05) is 38.3 Å². The van der Waals surface area contributed by atoms with Gasteiger partial charge in [0.2, 0.25) is 5.95 Å². The molecule has 3 heterocycles. The maximum Gasteiger partial charge on any atom is 0.228 e. The molecule has 0 saturated carbocycles. The van der Waals surface area contributed by atoms with E-state index in [9.17, 15) is 4.39 Å². The molecule has 6 rings (SSSR count). The number of nitrogen functional groups attached to an aromatic ring is 1. The zero-order valence-corrected chi connectivity index (χ0v) is 21.2. The van der Waals surface area contributed by atoms with Gasteiger partial charge in [-0.05, 0) is 29.7 Å². The Kier molecular flexibility index (Phi) is 6.71. The number of rotatable bonds is 7. The molecule has 2 N–H and O–H groups in total. The van der Waals surface area contributed by atoms with Crippen LogP contribution in [0.1, 0.15) is 11.1 Å². The normalized spacial score (nSPS) is 14.3. The van der Waals surface area contributed by atoms with E-state index < -0.39 is 0 Å². The van der Waals surface area contributed by atoms with Gasteiger partial charge in [-0.15, -0.1) is 5.10 Å². The van der Waals surface area contributed by atoms with Crippen LogP contribution in [-0.2, 0) is 13.0 Å². The lowest BCUT2D eigenvalue weighted by Gasteiger charge is -2.34. The van der Waals surface area contributed by atoms with Crippen molar-refractivity contribution in [2.45, 2.75) is 13.0 Å². The second kappa shape index (κ2) is 10.6. The minimum atomic E-state index is -0.348. The molecule has 0 amide bonds. The SMILES string of the molecule is Nc1c2c(-c3ccccc3F)nc(N3CCN(CCc4ccccc4)CC3)nc2nn1Cc1ccccc1. The molecule has 2 aromatic heterocycles. The largest absolute Gasteiger partial charge is 0.383 e. The summed E-state index contributed by atoms with van der Waals surface area (Å²) in [6, 6.07) is 27.2. The van der Waals surface area contributed by atoms with Crippen LogP contribution >= 0.6 is 0 Å². The number of nitrogens with zero attached hydrogens (tertiary/aromatic N) is 6. The number of benzene rings is 3. The molecule has 38 heavy (non-hydrogen) atoms. The van der Waals surface area contributed by atoms with Crippen molar-refractivity contribution in [3.63, 3.8) is 0 Å². The maximum absolute atomic E-state index is 15.0. The lowest BCUT2D eigenvalue weighted by atomic mass is 10.1. The van der Waals surface area contributed by atoms with Crippen LogP contribution < -0.4 is 10.6 Å². The van der Waals surface area contributed by atoms with Crippen molar-refractivity contribution >= 4 is 22.8 Å². The van der Waals surface area contributed by atoms with Gasteiger partial charge in [0.1, 0.15) is 11.6 Å². The number of piperazine rings is 1. The minimum absolute atomic E-state index is 0.348. The number of hydrogen-bond donors (Lipinski definition) is 1. The van der Waals surface area contributed by atoms with Gasteiger partial charge in [0.25, 0.3) is 0 Å². The van der Waals surface area contributed by atoms with E-state index in [0.717, 1.165) is 44.7 Å². The van der Waals surface area contributed by atoms with Crippen LogP contribution in [0.15, 0.2) is 84.9 Å². The van der Waals surface area contributed by atoms with Gasteiger partial charge in [-0.2, -0.15) is 4.98 Å². The highest BCUT2D eigenvalue weighted by Gasteiger charge is 2.24. The molecule has 0 aliphatic carbocycles. The highest BCUT2D eigenvalue weighted by molar-refractivity contribution is 5.99. The molecule has 0 unspecified atom stereocenters. The first-order valence-electron chi connectivity index (χ1n) is 13.0. The highest BCUT2D eigenvalue weighted by Crippen LogP contribution is 2.34. The molecule has 0 spiro atoms. The third-order valence-electron chi connectivity index (χ3n) is 7.15. The lowest BCUT2D eigenvalue weighted by Crippen LogP contribution is -2.47. The van der Waals surface area contributed by atoms with Crippen molar-refractivity contribution < 1.29 is 4.39 Å². The predicted molar refractivity (Wildman–Crippen MR) is 149 cm³/mol. The molecule has 1 fully saturated rings. The number of halogens is 1. The summed E-state index contributed by atoms with van der Waals surface area (Å²) >= 11 is 0. The Morgan fingerprint density at radius 2 is 1.42 bits per heavy atom. The summed E-state index contributed by atoms with van der Waals surface area (Å²) in [4.78, 5) is 14.3. The predicted octanol–water partition coefficient (Wildman–Crippen LogP) is 4.63. The smallest absolute Gasteiger partial charge is 0.228 e. The summed E-state index contributed by atoms with van der Waals surface area (Å²) in [7, 11) is 0. The molecule has 0 bridgehead atoms. The Bertz CT molecular complexity index is 1530. The highest BCUT2D eigenvalue weighted by atomic mass is 19.1. The van der Waals surface area contributed by atoms with E-state index in [2.05, 4.69) is 34.1 Å². The number of nitrogens with two attached hydrogens (primary N) is 1. The summed E-state index contributed by atoms with van der Waals surface area (Å²) in [5.74, 6) is 0.640. The van der Waals surface area contributed by atoms with Crippen molar-refractivity contribution in [3.8, 4) is 11.3 Å². The van der Waals surface area contributed by atoms with Gasteiger partial charge in [-0.25, -0.2) is 14.1 Å². The van der Waals surface area contributed by atoms with E-state index >= 15 is 0 Å². The number of aromatic nitrogens is 4. The summed E-state index contributed by atoms with van der Waals surface area (Å²) < 4.78 is 16.7. The van der Waals surface area contributed by atoms with Crippen LogP contribution in [0, 0.1) is 5.82 Å². The van der Waals surface area contributed by atoms with E-state index in [4.69, 9.17) is 20.8 Å². The van der Waals surface area contributed by atoms with Crippen LogP contribution in [0.2, 0.25) is 0 Å². The Morgan fingerprint density at radius 3 is 2.13 bits per heavy atom. The molecule has 192 valence electrons. The van der Waals surface area contributed by atoms with Gasteiger partial charge >= 0.3 is 0 Å². The molecule has 0 radical (unpaired) electrons. The molecule has 1 aliphatic rings. The molecule has 0 atom stereocenters. The van der Waals surface area contributed by atoms with Crippen LogP contribution in [0.25, 0.3) is 22.3 Å². The number of fused-ring (bicyclic) bond motifs is 1. The summed E-state index contributed by atoms with van der Waals surface area (Å²) in [6.45, 7) is 4.91. The molecule has 3 aromatic carbocycles. The van der Waals surface area contributed by atoms with Crippen molar-refractivity contribution in [2.24, 2.45) is 0 Å². The Hall–Kier alpha value is -4.30. The van der Waals surface area contributed by atoms with Crippen molar-refractivity contribution in [1.82, 2.24) is 24.6 Å². The molecule has 7 nitrogen and oxygen atoms in total. The Morgan fingerprint density at radius 1 is 0.763 bits per heavy atom. The van der Waals surface area contributed by atoms with Crippen molar-refractivity contribution in [2.75, 3.05) is 43.4 Å². The van der Waals surface area contributed by atoms with Crippen LogP contribution in [0.3, 0.4) is 0 Å². The Labute approximate surface area is 221 Å². The van der Waals surface area contributed by atoms with E-state index in [1.807, 2.05) is 42.5 Å². The third kappa shape index (κ3) is 4.95. The van der Waals surface area contributed by atoms with Gasteiger partial charge in [0.05, 0.1) is 17.6 Å². The quantitative estimate of drug-likeness (QED) is 0.346. The minimum Gasteiger partial charge on any atom is -0.383 e. The van der Waals surface area contributed by atoms with Crippen molar-refractivity contribution in [3.05, 3.63) is 102 Å². The van der Waals surface area contributed by atoms with E-state index in [1.54, 1.807) is 16.8 Å². The molecule has 1 saturated heterocycles. The van der Waals surface area contributed by atoms with Gasteiger partial charge in [-0.1, -0.05) is 72.8 Å². The van der Waals surface area contributed by atoms with Crippen LogP contribution in [-0.4, -0.2) is 57.4 Å². The van der Waals surface area contributed by atoms with Gasteiger partial charge in [0.15, 0.2) is 5.65 Å². The second-order valence-corrected chi connectivity index (χ2v) is 9.64. The third-order valence-corrected chi connectivity index (χ3v) is 7.15. The van der Waals surface area contributed by atoms with E-state index in [0.29, 0.717) is 40.6 Å². The molecule has 8 heteroatoms. The number of hydrogen-bond acceptors (Lipinski definition) is 6. The first-order chi connectivity index (χ1) is 18.7. The average molecular weight is 508 g/mol. The van der Waals surface area contributed by atoms with Crippen LogP contribution in [0.5, 0.6) is 0 Å². The standard InChI is InChI=1S/C30H30FN7/c31-25-14-8-7-13-24(25)27-26-28(32)38(21-23-11-5-2-6-12-23)35-29(26)34-30(33-27)37-19-17-36(18-20-37)16-15-22-9-3-1-4-10-22/h1-14H,15-21,32H2. The Balaban J connectivity index is 1.29. The zero-order chi connectivity index (χ0) is 25.9. The lowest BCUT2D eigenvalue weighted by molar-refractivity contribution is 0.260. The topological polar surface area (TPSA) is 76.1 Å². The number of anilines is 2. The summed E-state index contributed by atoms with van der Waals surface area (Å²) in [5, 5.41) is 5.32. The average Bonchev–Trinajstić information content (AvgIpc) is 3.28. The molecular weight excluding hydrogens is 477 g/mol. The fraction of sp³-hybridized carbons (Fsp3) is 0.233. The first kappa shape index (κ1) is 24.1. The van der Waals surface area contributed by atoms with Gasteiger partial charge in [-0.3, -0.25) is 4.90 Å². The van der Waals surface area contributed by atoms with E-state index in [1.165, 1.54) is 11.6 Å². The summed E-state index contributed by atoms with van der Waals surface area (Å²) in [6.07, 6.45) is 1.03. The zero-order valence-electron chi connectivity index (χ0n) is 21.2. The fourth-order valence-corrected chi connectivity index (χ4v) is 5.01. The van der Waals surface area contributed by atoms with E-state index in [-0.39, 0.29) is 5.82 Å². The van der Waals surface area contributed by atoms with Gasteiger partial charge < -0.3 is 10.6 Å². The van der Waals surface area contributed by atoms with Crippen molar-refractivity contribution in [1.29, 1.82) is 0 Å². The molecule has 5 aromatic rings. The fourth-order valence-electron chi connectivity index (χ4n) is 5.01. The first-order valence-corrected chi connectivity index (χ1v) is 13.0. The van der Waals surface area contributed by atoms with Crippen LogP contribution in [0.4, 0.5) is 16.2 Å². The monoisotopic (exact) mass is 507 g/mol. The summed E-state index contributed by atoms with van der Waals surface area (Å²) in [5.41, 5.74) is 10.4. The molecule has 1 aliphatic heterocycles. The molecular formula is C30H30FN7.